The van der Waals surface area contributed by atoms with E-state index in [1.807, 2.05) is 16.9 Å². The average Bonchev–Trinajstić information content (AvgIpc) is 3.03. The smallest absolute Gasteiger partial charge is 0.190 e. The third kappa shape index (κ3) is 5.60. The molecule has 0 amide bonds. The Balaban J connectivity index is 1.62. The van der Waals surface area contributed by atoms with Gasteiger partial charge in [-0.25, -0.2) is 0 Å². The second-order valence-corrected chi connectivity index (χ2v) is 5.29. The molecular weight excluding hydrogens is 274 g/mol. The highest BCUT2D eigenvalue weighted by atomic mass is 15.3. The summed E-state index contributed by atoms with van der Waals surface area (Å²) in [5, 5.41) is 10.9. The van der Waals surface area contributed by atoms with Gasteiger partial charge in [-0.05, 0) is 31.4 Å². The normalized spacial score (nSPS) is 11.5. The standard InChI is InChI=1S/C17H25N5/c1-15-6-3-7-16(14-15)8-11-20-17(18-2)19-9-4-12-22-13-5-10-21-22/h3,5-7,10,13-14H,4,8-9,11-12H2,1-2H3,(H2,18,19,20). The summed E-state index contributed by atoms with van der Waals surface area (Å²) >= 11 is 0. The summed E-state index contributed by atoms with van der Waals surface area (Å²) in [4.78, 5) is 4.24. The van der Waals surface area contributed by atoms with E-state index in [1.165, 1.54) is 11.1 Å². The van der Waals surface area contributed by atoms with E-state index in [4.69, 9.17) is 0 Å². The van der Waals surface area contributed by atoms with E-state index in [2.05, 4.69) is 51.9 Å². The fourth-order valence-electron chi connectivity index (χ4n) is 2.29. The van der Waals surface area contributed by atoms with Crippen molar-refractivity contribution in [3.05, 3.63) is 53.9 Å². The molecule has 0 spiro atoms. The van der Waals surface area contributed by atoms with Crippen LogP contribution >= 0.6 is 0 Å². The molecule has 0 aliphatic carbocycles. The molecule has 0 aliphatic heterocycles. The molecule has 5 heteroatoms. The van der Waals surface area contributed by atoms with Crippen LogP contribution in [0.25, 0.3) is 0 Å². The number of nitrogens with one attached hydrogen (secondary N) is 2. The van der Waals surface area contributed by atoms with E-state index in [1.54, 1.807) is 13.2 Å². The lowest BCUT2D eigenvalue weighted by atomic mass is 10.1. The number of aryl methyl sites for hydroxylation is 2. The van der Waals surface area contributed by atoms with Gasteiger partial charge in [0.25, 0.3) is 0 Å². The maximum Gasteiger partial charge on any atom is 0.190 e. The van der Waals surface area contributed by atoms with Gasteiger partial charge in [0.15, 0.2) is 5.96 Å². The number of benzene rings is 1. The molecule has 0 radical (unpaired) electrons. The predicted octanol–water partition coefficient (Wildman–Crippen LogP) is 1.99. The zero-order chi connectivity index (χ0) is 15.6. The molecule has 0 saturated carbocycles. The number of hydrogen-bond acceptors (Lipinski definition) is 2. The number of rotatable bonds is 7. The largest absolute Gasteiger partial charge is 0.356 e. The number of guanidine groups is 1. The van der Waals surface area contributed by atoms with Crippen LogP contribution in [0.1, 0.15) is 17.5 Å². The summed E-state index contributed by atoms with van der Waals surface area (Å²) in [6.45, 7) is 4.80. The van der Waals surface area contributed by atoms with Crippen LogP contribution in [0.15, 0.2) is 47.7 Å². The van der Waals surface area contributed by atoms with Gasteiger partial charge in [-0.3, -0.25) is 9.67 Å². The SMILES string of the molecule is CN=C(NCCCn1cccn1)NCCc1cccc(C)c1. The highest BCUT2D eigenvalue weighted by Crippen LogP contribution is 2.03. The lowest BCUT2D eigenvalue weighted by molar-refractivity contribution is 0.570. The van der Waals surface area contributed by atoms with E-state index in [9.17, 15) is 0 Å². The van der Waals surface area contributed by atoms with E-state index in [-0.39, 0.29) is 0 Å². The zero-order valence-corrected chi connectivity index (χ0v) is 13.4. The topological polar surface area (TPSA) is 54.2 Å². The van der Waals surface area contributed by atoms with Crippen molar-refractivity contribution < 1.29 is 0 Å². The molecule has 1 aromatic heterocycles. The van der Waals surface area contributed by atoms with Crippen molar-refractivity contribution in [3.8, 4) is 0 Å². The second kappa shape index (κ2) is 8.87. The Bertz CT molecular complexity index is 574. The number of nitrogens with zero attached hydrogens (tertiary/aromatic N) is 3. The lowest BCUT2D eigenvalue weighted by Gasteiger charge is -2.12. The Morgan fingerprint density at radius 1 is 1.23 bits per heavy atom. The Morgan fingerprint density at radius 2 is 2.09 bits per heavy atom. The molecule has 0 fully saturated rings. The van der Waals surface area contributed by atoms with Crippen LogP contribution in [0.4, 0.5) is 0 Å². The monoisotopic (exact) mass is 299 g/mol. The molecule has 0 bridgehead atoms. The van der Waals surface area contributed by atoms with E-state index >= 15 is 0 Å². The average molecular weight is 299 g/mol. The molecule has 22 heavy (non-hydrogen) atoms. The number of aliphatic imine (C=N–C) groups is 1. The maximum atomic E-state index is 4.24. The minimum absolute atomic E-state index is 0.855. The van der Waals surface area contributed by atoms with Crippen molar-refractivity contribution in [2.75, 3.05) is 20.1 Å². The van der Waals surface area contributed by atoms with E-state index < -0.39 is 0 Å². The van der Waals surface area contributed by atoms with Crippen LogP contribution in [-0.4, -0.2) is 35.9 Å². The highest BCUT2D eigenvalue weighted by Gasteiger charge is 1.98. The molecule has 1 heterocycles. The summed E-state index contributed by atoms with van der Waals surface area (Å²) in [6, 6.07) is 10.6. The fourth-order valence-corrected chi connectivity index (χ4v) is 2.29. The minimum Gasteiger partial charge on any atom is -0.356 e. The first-order valence-electron chi connectivity index (χ1n) is 7.75. The first-order chi connectivity index (χ1) is 10.8. The van der Waals surface area contributed by atoms with Gasteiger partial charge >= 0.3 is 0 Å². The fraction of sp³-hybridized carbons (Fsp3) is 0.412. The van der Waals surface area contributed by atoms with Crippen LogP contribution in [0.5, 0.6) is 0 Å². The maximum absolute atomic E-state index is 4.24. The molecular formula is C17H25N5. The van der Waals surface area contributed by atoms with Gasteiger partial charge in [-0.1, -0.05) is 29.8 Å². The zero-order valence-electron chi connectivity index (χ0n) is 13.4. The van der Waals surface area contributed by atoms with Crippen molar-refractivity contribution in [1.29, 1.82) is 0 Å². The second-order valence-electron chi connectivity index (χ2n) is 5.29. The summed E-state index contributed by atoms with van der Waals surface area (Å²) < 4.78 is 1.94. The quantitative estimate of drug-likeness (QED) is 0.467. The van der Waals surface area contributed by atoms with Crippen LogP contribution in [0.3, 0.4) is 0 Å². The van der Waals surface area contributed by atoms with Crippen LogP contribution in [0, 0.1) is 6.92 Å². The summed E-state index contributed by atoms with van der Waals surface area (Å²) in [5.41, 5.74) is 2.65. The summed E-state index contributed by atoms with van der Waals surface area (Å²) in [7, 11) is 1.80. The number of hydrogen-bond donors (Lipinski definition) is 2. The molecule has 2 aromatic rings. The van der Waals surface area contributed by atoms with Gasteiger partial charge < -0.3 is 10.6 Å². The Morgan fingerprint density at radius 3 is 2.82 bits per heavy atom. The van der Waals surface area contributed by atoms with Crippen molar-refractivity contribution in [2.24, 2.45) is 4.99 Å². The molecule has 0 saturated heterocycles. The van der Waals surface area contributed by atoms with Gasteiger partial charge in [0.05, 0.1) is 0 Å². The van der Waals surface area contributed by atoms with Crippen molar-refractivity contribution in [3.63, 3.8) is 0 Å². The molecule has 0 atom stereocenters. The lowest BCUT2D eigenvalue weighted by Crippen LogP contribution is -2.39. The van der Waals surface area contributed by atoms with E-state index in [0.29, 0.717) is 0 Å². The first-order valence-corrected chi connectivity index (χ1v) is 7.75. The van der Waals surface area contributed by atoms with Crippen molar-refractivity contribution >= 4 is 5.96 Å². The van der Waals surface area contributed by atoms with Gasteiger partial charge in [0.2, 0.25) is 0 Å². The Labute approximate surface area is 132 Å². The summed E-state index contributed by atoms with van der Waals surface area (Å²) in [5.74, 6) is 0.855. The van der Waals surface area contributed by atoms with Crippen LogP contribution in [0.2, 0.25) is 0 Å². The van der Waals surface area contributed by atoms with Crippen LogP contribution < -0.4 is 10.6 Å². The predicted molar refractivity (Wildman–Crippen MR) is 91.1 cm³/mol. The van der Waals surface area contributed by atoms with Gasteiger partial charge in [-0.2, -0.15) is 5.10 Å². The molecule has 0 unspecified atom stereocenters. The third-order valence-electron chi connectivity index (χ3n) is 3.43. The highest BCUT2D eigenvalue weighted by molar-refractivity contribution is 5.79. The first kappa shape index (κ1) is 16.1. The van der Waals surface area contributed by atoms with Gasteiger partial charge in [0.1, 0.15) is 0 Å². The third-order valence-corrected chi connectivity index (χ3v) is 3.43. The van der Waals surface area contributed by atoms with Gasteiger partial charge in [0, 0.05) is 39.1 Å². The number of aromatic nitrogens is 2. The molecule has 118 valence electrons. The molecule has 2 rings (SSSR count). The molecule has 1 aromatic carbocycles. The minimum atomic E-state index is 0.855. The Hall–Kier alpha value is -2.30. The Kier molecular flexibility index (Phi) is 6.48. The van der Waals surface area contributed by atoms with Crippen molar-refractivity contribution in [1.82, 2.24) is 20.4 Å². The van der Waals surface area contributed by atoms with Gasteiger partial charge in [-0.15, -0.1) is 0 Å². The molecule has 0 aliphatic rings. The molecule has 5 nitrogen and oxygen atoms in total. The van der Waals surface area contributed by atoms with E-state index in [0.717, 1.165) is 38.4 Å². The molecule has 2 N–H and O–H groups in total. The summed E-state index contributed by atoms with van der Waals surface area (Å²) in [6.07, 6.45) is 5.80. The van der Waals surface area contributed by atoms with Crippen LogP contribution in [-0.2, 0) is 13.0 Å². The van der Waals surface area contributed by atoms with Crippen molar-refractivity contribution in [2.45, 2.75) is 26.3 Å².